The Labute approximate surface area is 193 Å². The fourth-order valence-corrected chi connectivity index (χ4v) is 3.32. The number of nitrogens with zero attached hydrogens (tertiary/aromatic N) is 4. The minimum atomic E-state index is -4.58. The molecule has 4 aromatic rings. The zero-order chi connectivity index (χ0) is 24.5. The number of aromatic amines is 1. The van der Waals surface area contributed by atoms with E-state index in [1.165, 1.54) is 41.2 Å². The van der Waals surface area contributed by atoms with Gasteiger partial charge in [-0.2, -0.15) is 18.3 Å². The van der Waals surface area contributed by atoms with E-state index in [9.17, 15) is 27.5 Å². The second-order valence-electron chi connectivity index (χ2n) is 7.09. The first-order chi connectivity index (χ1) is 16.2. The molecule has 0 aliphatic rings. The van der Waals surface area contributed by atoms with E-state index >= 15 is 0 Å². The van der Waals surface area contributed by atoms with E-state index in [2.05, 4.69) is 20.4 Å². The molecule has 176 valence electrons. The largest absolute Gasteiger partial charge is 0.432 e. The van der Waals surface area contributed by atoms with Gasteiger partial charge in [-0.15, -0.1) is 0 Å². The summed E-state index contributed by atoms with van der Waals surface area (Å²) in [6, 6.07) is 8.23. The Balaban J connectivity index is 1.60. The summed E-state index contributed by atoms with van der Waals surface area (Å²) >= 11 is 5.70. The second kappa shape index (κ2) is 9.23. The first kappa shape index (κ1) is 23.4. The average molecular weight is 495 g/mol. The third-order valence-electron chi connectivity index (χ3n) is 4.86. The van der Waals surface area contributed by atoms with Gasteiger partial charge in [-0.25, -0.2) is 14.4 Å². The number of aliphatic hydroxyl groups excluding tert-OH is 1. The summed E-state index contributed by atoms with van der Waals surface area (Å²) in [5.41, 5.74) is -0.476. The summed E-state index contributed by atoms with van der Waals surface area (Å²) in [6.45, 7) is -0.467. The average Bonchev–Trinajstić information content (AvgIpc) is 3.27. The van der Waals surface area contributed by atoms with Crippen LogP contribution in [-0.4, -0.2) is 36.4 Å². The SMILES string of the molecule is O=c1cc(-c2ccnc(Nc3cc(C(F)(F)F)[nH]n3)n2)ccn1C(CO)c1ccc(Cl)c(F)c1. The molecule has 1 aromatic carbocycles. The molecule has 34 heavy (non-hydrogen) atoms. The van der Waals surface area contributed by atoms with Crippen LogP contribution in [0, 0.1) is 5.82 Å². The van der Waals surface area contributed by atoms with Crippen molar-refractivity contribution < 1.29 is 22.7 Å². The van der Waals surface area contributed by atoms with Crippen LogP contribution in [0.4, 0.5) is 29.3 Å². The van der Waals surface area contributed by atoms with Gasteiger partial charge in [0.05, 0.1) is 23.4 Å². The fraction of sp³-hybridized carbons (Fsp3) is 0.143. The summed E-state index contributed by atoms with van der Waals surface area (Å²) in [7, 11) is 0. The lowest BCUT2D eigenvalue weighted by molar-refractivity contribution is -0.141. The van der Waals surface area contributed by atoms with Crippen molar-refractivity contribution in [3.05, 3.63) is 87.3 Å². The minimum absolute atomic E-state index is 0.0354. The number of anilines is 2. The van der Waals surface area contributed by atoms with Crippen molar-refractivity contribution in [1.82, 2.24) is 24.7 Å². The standard InChI is InChI=1S/C21H15ClF4N6O2/c22-13-2-1-12(7-14(13)23)16(10-33)32-6-4-11(8-19(32)34)15-3-5-27-20(28-15)29-18-9-17(30-31-18)21(24,25)26/h1-9,16,33H,10H2,(H2,27,28,29,30,31). The van der Waals surface area contributed by atoms with Gasteiger partial charge in [0.2, 0.25) is 5.95 Å². The van der Waals surface area contributed by atoms with Crippen molar-refractivity contribution in [3.8, 4) is 11.3 Å². The number of halogens is 5. The number of aliphatic hydroxyl groups is 1. The molecule has 3 N–H and O–H groups in total. The Kier molecular flexibility index (Phi) is 6.35. The first-order valence-corrected chi connectivity index (χ1v) is 10.0. The van der Waals surface area contributed by atoms with E-state index < -0.39 is 35.9 Å². The highest BCUT2D eigenvalue weighted by Gasteiger charge is 2.33. The van der Waals surface area contributed by atoms with Crippen LogP contribution in [0.15, 0.2) is 59.7 Å². The van der Waals surface area contributed by atoms with Gasteiger partial charge in [0.1, 0.15) is 11.5 Å². The van der Waals surface area contributed by atoms with Crippen LogP contribution >= 0.6 is 11.6 Å². The number of aromatic nitrogens is 5. The lowest BCUT2D eigenvalue weighted by Gasteiger charge is -2.18. The fourth-order valence-electron chi connectivity index (χ4n) is 3.21. The highest BCUT2D eigenvalue weighted by molar-refractivity contribution is 6.30. The van der Waals surface area contributed by atoms with E-state index in [1.54, 1.807) is 6.07 Å². The third-order valence-corrected chi connectivity index (χ3v) is 5.17. The molecular weight excluding hydrogens is 480 g/mol. The monoisotopic (exact) mass is 494 g/mol. The molecule has 4 rings (SSSR count). The number of alkyl halides is 3. The van der Waals surface area contributed by atoms with Gasteiger partial charge in [-0.1, -0.05) is 17.7 Å². The molecule has 3 heterocycles. The summed E-state index contributed by atoms with van der Waals surface area (Å²) in [4.78, 5) is 20.9. The van der Waals surface area contributed by atoms with Gasteiger partial charge in [-0.3, -0.25) is 9.89 Å². The maximum absolute atomic E-state index is 13.8. The number of hydrogen-bond acceptors (Lipinski definition) is 6. The normalized spacial score (nSPS) is 12.5. The molecule has 0 saturated heterocycles. The molecule has 13 heteroatoms. The number of rotatable bonds is 6. The molecule has 0 aliphatic carbocycles. The zero-order valence-corrected chi connectivity index (χ0v) is 17.8. The van der Waals surface area contributed by atoms with Gasteiger partial charge < -0.3 is 15.0 Å². The van der Waals surface area contributed by atoms with E-state index in [4.69, 9.17) is 11.6 Å². The van der Waals surface area contributed by atoms with Crippen molar-refractivity contribution in [2.45, 2.75) is 12.2 Å². The molecule has 8 nitrogen and oxygen atoms in total. The van der Waals surface area contributed by atoms with Crippen molar-refractivity contribution in [2.75, 3.05) is 11.9 Å². The highest BCUT2D eigenvalue weighted by Crippen LogP contribution is 2.29. The quantitative estimate of drug-likeness (QED) is 0.347. The van der Waals surface area contributed by atoms with E-state index in [1.807, 2.05) is 5.10 Å². The summed E-state index contributed by atoms with van der Waals surface area (Å²) in [5.74, 6) is -0.852. The predicted molar refractivity (Wildman–Crippen MR) is 115 cm³/mol. The minimum Gasteiger partial charge on any atom is -0.394 e. The van der Waals surface area contributed by atoms with Crippen LogP contribution in [-0.2, 0) is 6.18 Å². The van der Waals surface area contributed by atoms with Crippen LogP contribution in [0.3, 0.4) is 0 Å². The van der Waals surface area contributed by atoms with Crippen LogP contribution in [0.25, 0.3) is 11.3 Å². The second-order valence-corrected chi connectivity index (χ2v) is 7.50. The Morgan fingerprint density at radius 1 is 1.18 bits per heavy atom. The maximum Gasteiger partial charge on any atom is 0.432 e. The Hall–Kier alpha value is -3.77. The van der Waals surface area contributed by atoms with Gasteiger partial charge in [0, 0.05) is 30.1 Å². The van der Waals surface area contributed by atoms with Gasteiger partial charge >= 0.3 is 6.18 Å². The Bertz CT molecular complexity index is 1390. The zero-order valence-electron chi connectivity index (χ0n) is 17.0. The molecule has 0 bridgehead atoms. The van der Waals surface area contributed by atoms with E-state index in [0.29, 0.717) is 16.8 Å². The molecule has 0 saturated carbocycles. The molecule has 0 radical (unpaired) electrons. The topological polar surface area (TPSA) is 109 Å². The molecule has 1 atom stereocenters. The first-order valence-electron chi connectivity index (χ1n) is 9.67. The van der Waals surface area contributed by atoms with E-state index in [0.717, 1.165) is 12.1 Å². The van der Waals surface area contributed by atoms with Crippen molar-refractivity contribution >= 4 is 23.4 Å². The number of pyridine rings is 1. The van der Waals surface area contributed by atoms with Crippen molar-refractivity contribution in [2.24, 2.45) is 0 Å². The molecule has 0 fully saturated rings. The van der Waals surface area contributed by atoms with Crippen LogP contribution in [0.1, 0.15) is 17.3 Å². The van der Waals surface area contributed by atoms with E-state index in [-0.39, 0.29) is 16.8 Å². The molecule has 3 aromatic heterocycles. The predicted octanol–water partition coefficient (Wildman–Crippen LogP) is 4.17. The molecular formula is C21H15ClF4N6O2. The maximum atomic E-state index is 13.8. The van der Waals surface area contributed by atoms with Crippen LogP contribution in [0.5, 0.6) is 0 Å². The molecule has 1 unspecified atom stereocenters. The smallest absolute Gasteiger partial charge is 0.394 e. The summed E-state index contributed by atoms with van der Waals surface area (Å²) in [6.07, 6.45) is -1.80. The Morgan fingerprint density at radius 3 is 2.62 bits per heavy atom. The van der Waals surface area contributed by atoms with Gasteiger partial charge in [-0.05, 0) is 29.8 Å². The lowest BCUT2D eigenvalue weighted by atomic mass is 10.1. The van der Waals surface area contributed by atoms with Crippen LogP contribution in [0.2, 0.25) is 5.02 Å². The molecule has 0 aliphatic heterocycles. The molecule has 0 spiro atoms. The van der Waals surface area contributed by atoms with Gasteiger partial charge in [0.15, 0.2) is 5.82 Å². The Morgan fingerprint density at radius 2 is 1.97 bits per heavy atom. The number of nitrogens with one attached hydrogen (secondary N) is 2. The van der Waals surface area contributed by atoms with Gasteiger partial charge in [0.25, 0.3) is 5.56 Å². The summed E-state index contributed by atoms with van der Waals surface area (Å²) < 4.78 is 53.2. The lowest BCUT2D eigenvalue weighted by Crippen LogP contribution is -2.27. The third kappa shape index (κ3) is 4.92. The highest BCUT2D eigenvalue weighted by atomic mass is 35.5. The number of hydrogen-bond donors (Lipinski definition) is 3. The number of benzene rings is 1. The molecule has 0 amide bonds. The van der Waals surface area contributed by atoms with Crippen molar-refractivity contribution in [1.29, 1.82) is 0 Å². The van der Waals surface area contributed by atoms with Crippen LogP contribution < -0.4 is 10.9 Å². The summed E-state index contributed by atoms with van der Waals surface area (Å²) in [5, 5.41) is 17.7. The van der Waals surface area contributed by atoms with Crippen molar-refractivity contribution in [3.63, 3.8) is 0 Å². The number of H-pyrrole nitrogens is 1.